The summed E-state index contributed by atoms with van der Waals surface area (Å²) < 4.78 is 0. The predicted octanol–water partition coefficient (Wildman–Crippen LogP) is 1.94. The van der Waals surface area contributed by atoms with E-state index in [9.17, 15) is 4.79 Å². The first-order valence-corrected chi connectivity index (χ1v) is 5.79. The molecule has 0 saturated carbocycles. The van der Waals surface area contributed by atoms with Crippen LogP contribution in [0.1, 0.15) is 11.1 Å². The molecule has 2 N–H and O–H groups in total. The van der Waals surface area contributed by atoms with Crippen molar-refractivity contribution in [3.8, 4) is 0 Å². The summed E-state index contributed by atoms with van der Waals surface area (Å²) in [5.74, 6) is -0.0314. The second-order valence-corrected chi connectivity index (χ2v) is 4.44. The van der Waals surface area contributed by atoms with Crippen molar-refractivity contribution in [2.24, 2.45) is 0 Å². The number of carbonyl (C=O) groups excluding carboxylic acids is 1. The number of nitrogens with one attached hydrogen (secondary N) is 2. The van der Waals surface area contributed by atoms with Crippen molar-refractivity contribution in [1.29, 1.82) is 0 Å². The Balaban J connectivity index is 2.20. The van der Waals surface area contributed by atoms with E-state index in [1.807, 2.05) is 12.3 Å². The lowest BCUT2D eigenvalue weighted by atomic mass is 9.99. The summed E-state index contributed by atoms with van der Waals surface area (Å²) in [5, 5.41) is 4.14. The Labute approximate surface area is 99.5 Å². The Kier molecular flexibility index (Phi) is 2.25. The van der Waals surface area contributed by atoms with Crippen LogP contribution in [0.4, 0.5) is 0 Å². The quantitative estimate of drug-likeness (QED) is 0.662. The van der Waals surface area contributed by atoms with Crippen LogP contribution in [0.3, 0.4) is 0 Å². The minimum atomic E-state index is -0.0314. The number of hydrogen-bond donors (Lipinski definition) is 2. The van der Waals surface area contributed by atoms with Crippen molar-refractivity contribution in [3.05, 3.63) is 47.7 Å². The third-order valence-corrected chi connectivity index (χ3v) is 3.28. The maximum Gasteiger partial charge on any atom is 0.246 e. The molecule has 0 unspecified atom stereocenters. The van der Waals surface area contributed by atoms with Gasteiger partial charge in [0, 0.05) is 35.6 Å². The first-order chi connectivity index (χ1) is 8.25. The van der Waals surface area contributed by atoms with Crippen molar-refractivity contribution in [2.75, 3.05) is 6.54 Å². The van der Waals surface area contributed by atoms with E-state index in [0.29, 0.717) is 18.5 Å². The number of rotatable bonds is 0. The molecular weight excluding hydrogens is 212 g/mol. The average Bonchev–Trinajstić information content (AvgIpc) is 2.74. The summed E-state index contributed by atoms with van der Waals surface area (Å²) >= 11 is 0. The van der Waals surface area contributed by atoms with Gasteiger partial charge in [0.15, 0.2) is 0 Å². The van der Waals surface area contributed by atoms with Gasteiger partial charge in [-0.05, 0) is 23.6 Å². The monoisotopic (exact) mass is 226 g/mol. The highest BCUT2D eigenvalue weighted by atomic mass is 16.1. The van der Waals surface area contributed by atoms with Crippen LogP contribution in [0.15, 0.2) is 36.5 Å². The fourth-order valence-electron chi connectivity index (χ4n) is 2.43. The molecule has 3 rings (SSSR count). The number of hydrogen-bond acceptors (Lipinski definition) is 1. The molecule has 0 atom stereocenters. The largest absolute Gasteiger partial charge is 0.361 e. The Bertz CT molecular complexity index is 610. The molecule has 1 aromatic heterocycles. The average molecular weight is 226 g/mol. The summed E-state index contributed by atoms with van der Waals surface area (Å²) in [5.41, 5.74) is 4.22. The molecule has 0 aliphatic carbocycles. The van der Waals surface area contributed by atoms with Gasteiger partial charge in [-0.15, -0.1) is 0 Å². The Hall–Kier alpha value is -2.03. The maximum absolute atomic E-state index is 11.7. The van der Waals surface area contributed by atoms with E-state index in [1.54, 1.807) is 0 Å². The molecule has 2 aromatic rings. The molecular formula is C14H14N2O. The number of aromatic amines is 1. The molecule has 3 nitrogen and oxygen atoms in total. The minimum Gasteiger partial charge on any atom is -0.361 e. The fourth-order valence-corrected chi connectivity index (χ4v) is 2.43. The van der Waals surface area contributed by atoms with Crippen molar-refractivity contribution >= 4 is 16.8 Å². The molecule has 1 aliphatic heterocycles. The first-order valence-electron chi connectivity index (χ1n) is 5.79. The zero-order valence-electron chi connectivity index (χ0n) is 9.55. The molecule has 86 valence electrons. The number of benzene rings is 1. The van der Waals surface area contributed by atoms with Crippen LogP contribution in [0.2, 0.25) is 0 Å². The van der Waals surface area contributed by atoms with E-state index in [4.69, 9.17) is 0 Å². The molecule has 17 heavy (non-hydrogen) atoms. The third-order valence-electron chi connectivity index (χ3n) is 3.28. The lowest BCUT2D eigenvalue weighted by Crippen LogP contribution is -2.26. The highest BCUT2D eigenvalue weighted by Crippen LogP contribution is 2.25. The van der Waals surface area contributed by atoms with E-state index >= 15 is 0 Å². The standard InChI is InChI=1S/C14H14N2O/c1-9-7-10-3-2-4-12-13(10)11(8-16-12)5-6-15-14(9)17/h2-4,8,16H,1,5-7H2,(H,15,17). The molecule has 1 amide bonds. The summed E-state index contributed by atoms with van der Waals surface area (Å²) in [4.78, 5) is 15.0. The lowest BCUT2D eigenvalue weighted by molar-refractivity contribution is -0.117. The smallest absolute Gasteiger partial charge is 0.246 e. The SMILES string of the molecule is C=C1Cc2cccc3[nH]cc(c23)CCNC1=O. The van der Waals surface area contributed by atoms with Crippen LogP contribution < -0.4 is 5.32 Å². The second kappa shape index (κ2) is 3.77. The van der Waals surface area contributed by atoms with Crippen LogP contribution in [0.5, 0.6) is 0 Å². The summed E-state index contributed by atoms with van der Waals surface area (Å²) in [7, 11) is 0. The van der Waals surface area contributed by atoms with E-state index < -0.39 is 0 Å². The van der Waals surface area contributed by atoms with E-state index in [2.05, 4.69) is 29.0 Å². The topological polar surface area (TPSA) is 44.9 Å². The first kappa shape index (κ1) is 10.1. The molecule has 1 aromatic carbocycles. The molecule has 0 spiro atoms. The van der Waals surface area contributed by atoms with Gasteiger partial charge in [-0.2, -0.15) is 0 Å². The van der Waals surface area contributed by atoms with E-state index in [-0.39, 0.29) is 5.91 Å². The van der Waals surface area contributed by atoms with Gasteiger partial charge in [0.05, 0.1) is 0 Å². The highest BCUT2D eigenvalue weighted by Gasteiger charge is 2.15. The number of aromatic nitrogens is 1. The van der Waals surface area contributed by atoms with Crippen molar-refractivity contribution in [2.45, 2.75) is 12.8 Å². The van der Waals surface area contributed by atoms with Gasteiger partial charge in [-0.25, -0.2) is 0 Å². The van der Waals surface area contributed by atoms with Crippen LogP contribution in [0.25, 0.3) is 10.9 Å². The van der Waals surface area contributed by atoms with Gasteiger partial charge < -0.3 is 10.3 Å². The van der Waals surface area contributed by atoms with Gasteiger partial charge in [0.25, 0.3) is 0 Å². The van der Waals surface area contributed by atoms with E-state index in [0.717, 1.165) is 11.9 Å². The number of carbonyl (C=O) groups is 1. The van der Waals surface area contributed by atoms with Crippen LogP contribution >= 0.6 is 0 Å². The van der Waals surface area contributed by atoms with Crippen molar-refractivity contribution in [1.82, 2.24) is 10.3 Å². The molecule has 0 fully saturated rings. The summed E-state index contributed by atoms with van der Waals surface area (Å²) in [6.45, 7) is 4.53. The Morgan fingerprint density at radius 2 is 2.12 bits per heavy atom. The number of H-pyrrole nitrogens is 1. The molecule has 1 aliphatic rings. The van der Waals surface area contributed by atoms with Crippen molar-refractivity contribution < 1.29 is 4.79 Å². The van der Waals surface area contributed by atoms with Gasteiger partial charge >= 0.3 is 0 Å². The summed E-state index contributed by atoms with van der Waals surface area (Å²) in [6.07, 6.45) is 3.51. The van der Waals surface area contributed by atoms with Crippen LogP contribution in [-0.2, 0) is 17.6 Å². The fraction of sp³-hybridized carbons (Fsp3) is 0.214. The van der Waals surface area contributed by atoms with Crippen LogP contribution in [0, 0.1) is 0 Å². The predicted molar refractivity (Wildman–Crippen MR) is 67.9 cm³/mol. The minimum absolute atomic E-state index is 0.0314. The molecule has 2 heterocycles. The summed E-state index contributed by atoms with van der Waals surface area (Å²) in [6, 6.07) is 6.16. The van der Waals surface area contributed by atoms with Crippen molar-refractivity contribution in [3.63, 3.8) is 0 Å². The van der Waals surface area contributed by atoms with Gasteiger partial charge in [0.1, 0.15) is 0 Å². The number of amides is 1. The Morgan fingerprint density at radius 1 is 1.24 bits per heavy atom. The molecule has 0 saturated heterocycles. The van der Waals surface area contributed by atoms with Gasteiger partial charge in [-0.1, -0.05) is 18.7 Å². The van der Waals surface area contributed by atoms with Gasteiger partial charge in [-0.3, -0.25) is 4.79 Å². The lowest BCUT2D eigenvalue weighted by Gasteiger charge is -2.05. The van der Waals surface area contributed by atoms with E-state index in [1.165, 1.54) is 16.5 Å². The normalized spacial score (nSPS) is 16.2. The zero-order valence-corrected chi connectivity index (χ0v) is 9.55. The molecule has 0 radical (unpaired) electrons. The molecule has 3 heteroatoms. The highest BCUT2D eigenvalue weighted by molar-refractivity contribution is 5.95. The zero-order chi connectivity index (χ0) is 11.8. The maximum atomic E-state index is 11.7. The molecule has 0 bridgehead atoms. The third kappa shape index (κ3) is 1.64. The van der Waals surface area contributed by atoms with Gasteiger partial charge in [0.2, 0.25) is 5.91 Å². The second-order valence-electron chi connectivity index (χ2n) is 4.44. The Morgan fingerprint density at radius 3 is 3.00 bits per heavy atom. The van der Waals surface area contributed by atoms with Crippen LogP contribution in [-0.4, -0.2) is 17.4 Å².